The molecule has 1 aliphatic heterocycles. The van der Waals surface area contributed by atoms with E-state index in [0.29, 0.717) is 5.75 Å². The number of methoxy groups -OCH3 is 1. The summed E-state index contributed by atoms with van der Waals surface area (Å²) in [7, 11) is -0.668. The van der Waals surface area contributed by atoms with Crippen molar-refractivity contribution in [2.45, 2.75) is 82.3 Å². The van der Waals surface area contributed by atoms with E-state index in [0.717, 1.165) is 61.0 Å². The number of nitrogens with zero attached hydrogens (tertiary/aromatic N) is 3. The molecular formula is C36H44N4O4S. The quantitative estimate of drug-likeness (QED) is 0.205. The second-order valence-corrected chi connectivity index (χ2v) is 13.9. The first-order valence-electron chi connectivity index (χ1n) is 15.7. The van der Waals surface area contributed by atoms with Gasteiger partial charge in [0.15, 0.2) is 0 Å². The van der Waals surface area contributed by atoms with Crippen LogP contribution in [0.5, 0.6) is 5.75 Å². The maximum absolute atomic E-state index is 14.3. The third-order valence-electron chi connectivity index (χ3n) is 8.98. The maximum Gasteiger partial charge on any atom is 0.244 e. The fraction of sp³-hybridized carbons (Fsp3) is 0.389. The van der Waals surface area contributed by atoms with E-state index >= 15 is 0 Å². The van der Waals surface area contributed by atoms with Crippen LogP contribution in [0.4, 0.5) is 0 Å². The first-order chi connectivity index (χ1) is 21.7. The number of fused-ring (bicyclic) bond motifs is 1. The smallest absolute Gasteiger partial charge is 0.244 e. The lowest BCUT2D eigenvalue weighted by molar-refractivity contribution is -0.126. The molecule has 1 aliphatic rings. The molecule has 4 aromatic rings. The highest BCUT2D eigenvalue weighted by Gasteiger charge is 2.42. The molecule has 3 aromatic carbocycles. The molecule has 0 saturated carbocycles. The third-order valence-corrected chi connectivity index (χ3v) is 10.8. The van der Waals surface area contributed by atoms with Crippen molar-refractivity contribution in [1.82, 2.24) is 19.2 Å². The Labute approximate surface area is 267 Å². The summed E-state index contributed by atoms with van der Waals surface area (Å²) in [5, 5.41) is 3.29. The van der Waals surface area contributed by atoms with Crippen LogP contribution in [0, 0.1) is 13.8 Å². The van der Waals surface area contributed by atoms with E-state index in [2.05, 4.69) is 34.6 Å². The number of aromatic nitrogens is 2. The number of amides is 1. The molecule has 0 aliphatic carbocycles. The predicted octanol–water partition coefficient (Wildman–Crippen LogP) is 5.69. The minimum atomic E-state index is -4.06. The molecule has 1 N–H and O–H groups in total. The number of benzene rings is 3. The Bertz CT molecular complexity index is 1660. The van der Waals surface area contributed by atoms with Gasteiger partial charge in [0.05, 0.1) is 36.3 Å². The van der Waals surface area contributed by atoms with Gasteiger partial charge in [0, 0.05) is 25.6 Å². The summed E-state index contributed by atoms with van der Waals surface area (Å²) < 4.78 is 37.2. The van der Waals surface area contributed by atoms with Crippen molar-refractivity contribution in [1.29, 1.82) is 0 Å². The van der Waals surface area contributed by atoms with E-state index in [-0.39, 0.29) is 29.8 Å². The zero-order valence-corrected chi connectivity index (χ0v) is 27.5. The predicted molar refractivity (Wildman–Crippen MR) is 177 cm³/mol. The van der Waals surface area contributed by atoms with Crippen LogP contribution >= 0.6 is 0 Å². The zero-order valence-electron chi connectivity index (χ0n) is 26.7. The third kappa shape index (κ3) is 7.65. The van der Waals surface area contributed by atoms with E-state index in [9.17, 15) is 13.2 Å². The first kappa shape index (κ1) is 32.4. The molecule has 1 atom stereocenters. The molecule has 1 aromatic heterocycles. The fourth-order valence-electron chi connectivity index (χ4n) is 6.17. The minimum absolute atomic E-state index is 0.0637. The van der Waals surface area contributed by atoms with Crippen LogP contribution in [0.2, 0.25) is 0 Å². The van der Waals surface area contributed by atoms with Crippen molar-refractivity contribution in [3.63, 3.8) is 0 Å². The summed E-state index contributed by atoms with van der Waals surface area (Å²) in [6.07, 6.45) is 7.17. The Morgan fingerprint density at radius 2 is 1.58 bits per heavy atom. The van der Waals surface area contributed by atoms with Crippen LogP contribution in [-0.4, -0.2) is 47.4 Å². The molecule has 45 heavy (non-hydrogen) atoms. The van der Waals surface area contributed by atoms with Crippen molar-refractivity contribution in [2.75, 3.05) is 7.11 Å². The summed E-state index contributed by atoms with van der Waals surface area (Å²) in [6.45, 7) is 3.83. The van der Waals surface area contributed by atoms with Crippen molar-refractivity contribution >= 4 is 15.9 Å². The highest BCUT2D eigenvalue weighted by Crippen LogP contribution is 2.32. The zero-order chi connectivity index (χ0) is 32.0. The van der Waals surface area contributed by atoms with Crippen molar-refractivity contribution in [3.05, 3.63) is 113 Å². The van der Waals surface area contributed by atoms with Gasteiger partial charge in [-0.15, -0.1) is 0 Å². The van der Waals surface area contributed by atoms with Crippen LogP contribution in [0.25, 0.3) is 0 Å². The van der Waals surface area contributed by atoms with Crippen LogP contribution < -0.4 is 10.1 Å². The number of sulfonamides is 1. The number of hydrogen-bond donors (Lipinski definition) is 1. The maximum atomic E-state index is 14.3. The fourth-order valence-corrected chi connectivity index (χ4v) is 7.82. The van der Waals surface area contributed by atoms with Gasteiger partial charge < -0.3 is 14.6 Å². The molecule has 0 saturated heterocycles. The molecule has 0 fully saturated rings. The molecule has 1 amide bonds. The van der Waals surface area contributed by atoms with Gasteiger partial charge in [0.25, 0.3) is 0 Å². The van der Waals surface area contributed by atoms with Crippen LogP contribution in [0.3, 0.4) is 0 Å². The van der Waals surface area contributed by atoms with Gasteiger partial charge in [-0.05, 0) is 80.7 Å². The Kier molecular flexibility index (Phi) is 10.4. The monoisotopic (exact) mass is 628 g/mol. The number of imidazole rings is 1. The van der Waals surface area contributed by atoms with E-state index in [1.54, 1.807) is 18.5 Å². The van der Waals surface area contributed by atoms with Gasteiger partial charge in [-0.3, -0.25) is 4.79 Å². The van der Waals surface area contributed by atoms with Crippen molar-refractivity contribution < 1.29 is 17.9 Å². The number of ether oxygens (including phenoxy) is 1. The lowest BCUT2D eigenvalue weighted by Gasteiger charge is -2.35. The molecule has 0 spiro atoms. The van der Waals surface area contributed by atoms with Gasteiger partial charge in [-0.1, -0.05) is 60.7 Å². The molecule has 9 heteroatoms. The topological polar surface area (TPSA) is 93.5 Å². The number of nitrogens with one attached hydrogen (secondary N) is 1. The lowest BCUT2D eigenvalue weighted by atomic mass is 9.98. The molecule has 5 rings (SSSR count). The van der Waals surface area contributed by atoms with Crippen LogP contribution in [0.15, 0.2) is 84.0 Å². The van der Waals surface area contributed by atoms with E-state index in [1.807, 2.05) is 61.9 Å². The van der Waals surface area contributed by atoms with Crippen LogP contribution in [0.1, 0.15) is 59.3 Å². The summed E-state index contributed by atoms with van der Waals surface area (Å²) in [5.41, 5.74) is 5.77. The Morgan fingerprint density at radius 3 is 2.16 bits per heavy atom. The van der Waals surface area contributed by atoms with Gasteiger partial charge in [-0.2, -0.15) is 4.31 Å². The van der Waals surface area contributed by atoms with Crippen molar-refractivity contribution in [3.8, 4) is 5.75 Å². The number of aryl methyl sites for hydroxylation is 4. The largest absolute Gasteiger partial charge is 0.496 e. The van der Waals surface area contributed by atoms with E-state index in [1.165, 1.54) is 22.5 Å². The second kappa shape index (κ2) is 14.4. The Hall–Kier alpha value is -3.95. The highest BCUT2D eigenvalue weighted by atomic mass is 32.2. The molecule has 0 radical (unpaired) electrons. The van der Waals surface area contributed by atoms with E-state index < -0.39 is 16.1 Å². The average Bonchev–Trinajstić information content (AvgIpc) is 3.41. The first-order valence-corrected chi connectivity index (χ1v) is 17.2. The lowest BCUT2D eigenvalue weighted by Crippen LogP contribution is -2.54. The summed E-state index contributed by atoms with van der Waals surface area (Å²) in [5.74, 6) is 0.222. The normalized spacial score (nSPS) is 15.2. The van der Waals surface area contributed by atoms with Crippen LogP contribution in [-0.2, 0) is 47.7 Å². The molecule has 238 valence electrons. The molecule has 0 unspecified atom stereocenters. The highest BCUT2D eigenvalue weighted by molar-refractivity contribution is 7.89. The number of rotatable bonds is 13. The molecule has 8 nitrogen and oxygen atoms in total. The summed E-state index contributed by atoms with van der Waals surface area (Å²) in [4.78, 5) is 18.8. The number of carbonyl (C=O) groups is 1. The van der Waals surface area contributed by atoms with Gasteiger partial charge in [-0.25, -0.2) is 13.4 Å². The molecular weight excluding hydrogens is 584 g/mol. The number of carbonyl (C=O) groups excluding carboxylic acids is 1. The average molecular weight is 629 g/mol. The van der Waals surface area contributed by atoms with Gasteiger partial charge >= 0.3 is 0 Å². The van der Waals surface area contributed by atoms with Gasteiger partial charge in [0.1, 0.15) is 11.8 Å². The molecule has 0 bridgehead atoms. The molecule has 2 heterocycles. The Morgan fingerprint density at radius 1 is 0.978 bits per heavy atom. The Balaban J connectivity index is 1.38. The SMILES string of the molecule is COc1cc(S(=O)(=O)N2Cc3c(ncn3C)C[C@H]2C(=O)NC(CCCc2ccccc2)CCCc2ccccc2)cc(C)c1C. The van der Waals surface area contributed by atoms with E-state index in [4.69, 9.17) is 4.74 Å². The summed E-state index contributed by atoms with van der Waals surface area (Å²) >= 11 is 0. The number of hydrogen-bond acceptors (Lipinski definition) is 5. The summed E-state index contributed by atoms with van der Waals surface area (Å²) in [6, 6.07) is 22.9. The second-order valence-electron chi connectivity index (χ2n) is 12.0. The minimum Gasteiger partial charge on any atom is -0.496 e. The van der Waals surface area contributed by atoms with Gasteiger partial charge in [0.2, 0.25) is 15.9 Å². The standard InChI is InChI=1S/C36H44N4O4S/c1-26-21-31(22-35(44-4)27(26)2)45(42,43)40-24-34-32(37-25-39(34)3)23-33(40)36(41)38-30(19-11-17-28-13-7-5-8-14-28)20-12-18-29-15-9-6-10-16-29/h5-10,13-16,21-22,25,30,33H,11-12,17-20,23-24H2,1-4H3,(H,38,41)/t33-/m0/s1. The van der Waals surface area contributed by atoms with Crippen molar-refractivity contribution in [2.24, 2.45) is 7.05 Å².